The normalized spacial score (nSPS) is 12.2. The van der Waals surface area contributed by atoms with E-state index < -0.39 is 28.5 Å². The highest BCUT2D eigenvalue weighted by Crippen LogP contribution is 2.26. The number of carbonyl (C=O) groups excluding carboxylic acids is 2. The molecule has 0 saturated carbocycles. The lowest BCUT2D eigenvalue weighted by Gasteiger charge is -2.33. The second-order valence-corrected chi connectivity index (χ2v) is 12.5. The van der Waals surface area contributed by atoms with Crippen LogP contribution in [0.15, 0.2) is 77.7 Å². The van der Waals surface area contributed by atoms with Gasteiger partial charge < -0.3 is 10.2 Å². The predicted octanol–water partition coefficient (Wildman–Crippen LogP) is 5.39. The third-order valence-electron chi connectivity index (χ3n) is 6.89. The van der Waals surface area contributed by atoms with Gasteiger partial charge in [-0.1, -0.05) is 74.9 Å². The summed E-state index contributed by atoms with van der Waals surface area (Å²) >= 11 is 0. The van der Waals surface area contributed by atoms with Gasteiger partial charge in [-0.3, -0.25) is 13.9 Å². The van der Waals surface area contributed by atoms with Crippen LogP contribution in [0.2, 0.25) is 0 Å². The fourth-order valence-electron chi connectivity index (χ4n) is 4.48. The minimum absolute atomic E-state index is 0.0907. The van der Waals surface area contributed by atoms with Crippen molar-refractivity contribution in [2.24, 2.45) is 5.92 Å². The highest BCUT2D eigenvalue weighted by atomic mass is 32.2. The summed E-state index contributed by atoms with van der Waals surface area (Å²) < 4.78 is 29.0. The van der Waals surface area contributed by atoms with Crippen LogP contribution in [-0.4, -0.2) is 44.3 Å². The molecule has 3 aromatic rings. The molecule has 0 heterocycles. The van der Waals surface area contributed by atoms with Crippen molar-refractivity contribution in [3.63, 3.8) is 0 Å². The lowest BCUT2D eigenvalue weighted by molar-refractivity contribution is -0.140. The maximum Gasteiger partial charge on any atom is 0.264 e. The van der Waals surface area contributed by atoms with Gasteiger partial charge in [-0.25, -0.2) is 8.42 Å². The fourth-order valence-corrected chi connectivity index (χ4v) is 5.91. The van der Waals surface area contributed by atoms with Gasteiger partial charge in [0.15, 0.2) is 0 Å². The average Bonchev–Trinajstić information content (AvgIpc) is 2.92. The van der Waals surface area contributed by atoms with Crippen LogP contribution in [0.4, 0.5) is 5.69 Å². The van der Waals surface area contributed by atoms with Gasteiger partial charge in [0.1, 0.15) is 12.6 Å². The Morgan fingerprint density at radius 3 is 2.17 bits per heavy atom. The number of hydrogen-bond acceptors (Lipinski definition) is 4. The first-order valence-electron chi connectivity index (χ1n) is 13.7. The van der Waals surface area contributed by atoms with Crippen molar-refractivity contribution in [3.8, 4) is 0 Å². The van der Waals surface area contributed by atoms with E-state index in [2.05, 4.69) is 5.32 Å². The zero-order chi connectivity index (χ0) is 29.4. The third-order valence-corrected chi connectivity index (χ3v) is 8.68. The summed E-state index contributed by atoms with van der Waals surface area (Å²) in [5.74, 6) is -0.453. The van der Waals surface area contributed by atoms with E-state index in [1.54, 1.807) is 30.3 Å². The van der Waals surface area contributed by atoms with Crippen molar-refractivity contribution >= 4 is 27.5 Å². The van der Waals surface area contributed by atoms with Gasteiger partial charge in [0.05, 0.1) is 10.6 Å². The molecule has 1 N–H and O–H groups in total. The molecule has 40 heavy (non-hydrogen) atoms. The van der Waals surface area contributed by atoms with Crippen LogP contribution >= 0.6 is 0 Å². The standard InChI is InChI=1S/C32H41N3O4S/c1-7-30(32(37)33-20-23(2)3)34(21-27-13-11-12-24(4)18-27)31(36)22-35(28-17-16-25(5)26(6)19-28)40(38,39)29-14-9-8-10-15-29/h8-19,23,30H,7,20-22H2,1-6H3,(H,33,37)/t30-/m0/s1. The summed E-state index contributed by atoms with van der Waals surface area (Å²) in [5, 5.41) is 2.96. The lowest BCUT2D eigenvalue weighted by atomic mass is 10.1. The van der Waals surface area contributed by atoms with E-state index in [4.69, 9.17) is 0 Å². The Morgan fingerprint density at radius 2 is 1.57 bits per heavy atom. The number of rotatable bonds is 12. The molecule has 0 unspecified atom stereocenters. The molecule has 0 aliphatic heterocycles. The summed E-state index contributed by atoms with van der Waals surface area (Å²) in [5.41, 5.74) is 4.22. The van der Waals surface area contributed by atoms with E-state index in [1.165, 1.54) is 17.0 Å². The first-order chi connectivity index (χ1) is 18.9. The first-order valence-corrected chi connectivity index (χ1v) is 15.2. The quantitative estimate of drug-likeness (QED) is 0.320. The Morgan fingerprint density at radius 1 is 0.875 bits per heavy atom. The van der Waals surface area contributed by atoms with Crippen LogP contribution in [-0.2, 0) is 26.2 Å². The van der Waals surface area contributed by atoms with E-state index in [0.29, 0.717) is 18.7 Å². The molecule has 0 radical (unpaired) electrons. The molecule has 0 saturated heterocycles. The maximum absolute atomic E-state index is 14.1. The molecule has 1 atom stereocenters. The van der Waals surface area contributed by atoms with E-state index in [1.807, 2.05) is 71.9 Å². The Kier molecular flexibility index (Phi) is 10.5. The molecular formula is C32H41N3O4S. The molecule has 0 fully saturated rings. The monoisotopic (exact) mass is 563 g/mol. The minimum atomic E-state index is -4.08. The zero-order valence-electron chi connectivity index (χ0n) is 24.3. The molecule has 0 aliphatic rings. The Bertz CT molecular complexity index is 1420. The van der Waals surface area contributed by atoms with Gasteiger partial charge >= 0.3 is 0 Å². The number of carbonyl (C=O) groups is 2. The Balaban J connectivity index is 2.06. The van der Waals surface area contributed by atoms with Crippen LogP contribution < -0.4 is 9.62 Å². The smallest absolute Gasteiger partial charge is 0.264 e. The van der Waals surface area contributed by atoms with Crippen molar-refractivity contribution in [1.29, 1.82) is 0 Å². The van der Waals surface area contributed by atoms with Crippen LogP contribution in [0.5, 0.6) is 0 Å². The number of benzene rings is 3. The zero-order valence-corrected chi connectivity index (χ0v) is 25.2. The number of amides is 2. The molecule has 0 aliphatic carbocycles. The average molecular weight is 564 g/mol. The molecule has 0 aromatic heterocycles. The van der Waals surface area contributed by atoms with Crippen molar-refractivity contribution < 1.29 is 18.0 Å². The molecule has 0 spiro atoms. The highest BCUT2D eigenvalue weighted by Gasteiger charge is 2.33. The van der Waals surface area contributed by atoms with E-state index >= 15 is 0 Å². The van der Waals surface area contributed by atoms with Crippen molar-refractivity contribution in [2.45, 2.75) is 65.4 Å². The summed E-state index contributed by atoms with van der Waals surface area (Å²) in [7, 11) is -4.08. The van der Waals surface area contributed by atoms with Crippen LogP contribution in [0, 0.1) is 26.7 Å². The van der Waals surface area contributed by atoms with E-state index in [0.717, 1.165) is 26.6 Å². The Labute approximate surface area is 239 Å². The summed E-state index contributed by atoms with van der Waals surface area (Å²) in [6.45, 7) is 11.9. The first kappa shape index (κ1) is 30.9. The van der Waals surface area contributed by atoms with Gasteiger partial charge in [-0.15, -0.1) is 0 Å². The van der Waals surface area contributed by atoms with Gasteiger partial charge in [0, 0.05) is 13.1 Å². The van der Waals surface area contributed by atoms with E-state index in [-0.39, 0.29) is 23.3 Å². The van der Waals surface area contributed by atoms with Crippen LogP contribution in [0.25, 0.3) is 0 Å². The van der Waals surface area contributed by atoms with Crippen molar-refractivity contribution in [2.75, 3.05) is 17.4 Å². The second kappa shape index (κ2) is 13.6. The molecule has 2 amide bonds. The number of anilines is 1. The topological polar surface area (TPSA) is 86.8 Å². The molecule has 7 nitrogen and oxygen atoms in total. The van der Waals surface area contributed by atoms with Crippen molar-refractivity contribution in [1.82, 2.24) is 10.2 Å². The molecule has 214 valence electrons. The third kappa shape index (κ3) is 7.72. The summed E-state index contributed by atoms with van der Waals surface area (Å²) in [6.07, 6.45) is 0.385. The van der Waals surface area contributed by atoms with Crippen LogP contribution in [0.3, 0.4) is 0 Å². The number of sulfonamides is 1. The molecule has 3 rings (SSSR count). The second-order valence-electron chi connectivity index (χ2n) is 10.7. The number of aryl methyl sites for hydroxylation is 3. The lowest BCUT2D eigenvalue weighted by Crippen LogP contribution is -2.52. The van der Waals surface area contributed by atoms with Gasteiger partial charge in [-0.2, -0.15) is 0 Å². The van der Waals surface area contributed by atoms with E-state index in [9.17, 15) is 18.0 Å². The SMILES string of the molecule is CC[C@@H](C(=O)NCC(C)C)N(Cc1cccc(C)c1)C(=O)CN(c1ccc(C)c(C)c1)S(=O)(=O)c1ccccc1. The molecule has 8 heteroatoms. The highest BCUT2D eigenvalue weighted by molar-refractivity contribution is 7.92. The van der Waals surface area contributed by atoms with Gasteiger partial charge in [0.2, 0.25) is 11.8 Å². The number of hydrogen-bond donors (Lipinski definition) is 1. The minimum Gasteiger partial charge on any atom is -0.354 e. The fraction of sp³-hybridized carbons (Fsp3) is 0.375. The molecule has 0 bridgehead atoms. The maximum atomic E-state index is 14.1. The molecule has 3 aromatic carbocycles. The molecular weight excluding hydrogens is 522 g/mol. The summed E-state index contributed by atoms with van der Waals surface area (Å²) in [4.78, 5) is 29.0. The number of nitrogens with one attached hydrogen (secondary N) is 1. The van der Waals surface area contributed by atoms with Crippen LogP contribution in [0.1, 0.15) is 49.4 Å². The largest absolute Gasteiger partial charge is 0.354 e. The number of nitrogens with zero attached hydrogens (tertiary/aromatic N) is 2. The van der Waals surface area contributed by atoms with Crippen molar-refractivity contribution in [3.05, 3.63) is 95.1 Å². The Hall–Kier alpha value is -3.65. The van der Waals surface area contributed by atoms with Gasteiger partial charge in [-0.05, 0) is 74.1 Å². The summed E-state index contributed by atoms with van der Waals surface area (Å²) in [6, 6.07) is 20.4. The predicted molar refractivity (Wildman–Crippen MR) is 161 cm³/mol. The van der Waals surface area contributed by atoms with Gasteiger partial charge in [0.25, 0.3) is 10.0 Å².